The number of rotatable bonds is 6. The summed E-state index contributed by atoms with van der Waals surface area (Å²) in [5.74, 6) is 0.0755. The quantitative estimate of drug-likeness (QED) is 0.772. The Balaban J connectivity index is 2.14. The Morgan fingerprint density at radius 1 is 1.37 bits per heavy atom. The molecule has 1 heterocycles. The topological polar surface area (TPSA) is 41.1 Å². The zero-order valence-electron chi connectivity index (χ0n) is 12.0. The predicted octanol–water partition coefficient (Wildman–Crippen LogP) is 2.81. The first-order chi connectivity index (χ1) is 9.26. The molecular formula is C16H24N2O. The van der Waals surface area contributed by atoms with Crippen molar-refractivity contribution in [3.8, 4) is 0 Å². The molecule has 19 heavy (non-hydrogen) atoms. The van der Waals surface area contributed by atoms with E-state index < -0.39 is 0 Å². The molecule has 1 aliphatic heterocycles. The molecule has 0 saturated carbocycles. The normalized spacial score (nSPS) is 15.8. The van der Waals surface area contributed by atoms with Gasteiger partial charge in [-0.15, -0.1) is 0 Å². The Morgan fingerprint density at radius 3 is 2.95 bits per heavy atom. The summed E-state index contributed by atoms with van der Waals surface area (Å²) in [6.07, 6.45) is 5.81. The molecule has 0 saturated heterocycles. The van der Waals surface area contributed by atoms with Crippen LogP contribution < -0.4 is 10.6 Å². The summed E-state index contributed by atoms with van der Waals surface area (Å²) in [7, 11) is 2.00. The van der Waals surface area contributed by atoms with E-state index in [2.05, 4.69) is 35.8 Å². The van der Waals surface area contributed by atoms with E-state index in [9.17, 15) is 4.79 Å². The van der Waals surface area contributed by atoms with Gasteiger partial charge in [0.15, 0.2) is 0 Å². The maximum Gasteiger partial charge on any atom is 0.251 e. The van der Waals surface area contributed by atoms with E-state index in [4.69, 9.17) is 0 Å². The summed E-state index contributed by atoms with van der Waals surface area (Å²) in [6.45, 7) is 2.98. The number of hydrogen-bond acceptors (Lipinski definition) is 2. The third-order valence-corrected chi connectivity index (χ3v) is 3.91. The average molecular weight is 260 g/mol. The number of carbonyl (C=O) groups excluding carboxylic acids is 1. The van der Waals surface area contributed by atoms with Gasteiger partial charge in [-0.25, -0.2) is 0 Å². The molecule has 104 valence electrons. The highest BCUT2D eigenvalue weighted by molar-refractivity contribution is 5.96. The Labute approximate surface area is 115 Å². The zero-order chi connectivity index (χ0) is 13.7. The number of benzene rings is 1. The maximum atomic E-state index is 11.9. The van der Waals surface area contributed by atoms with Gasteiger partial charge in [0.1, 0.15) is 0 Å². The van der Waals surface area contributed by atoms with E-state index >= 15 is 0 Å². The average Bonchev–Trinajstić information content (AvgIpc) is 2.44. The molecule has 0 fully saturated rings. The van der Waals surface area contributed by atoms with Crippen LogP contribution in [0.1, 0.15) is 60.1 Å². The van der Waals surface area contributed by atoms with Gasteiger partial charge in [-0.2, -0.15) is 0 Å². The van der Waals surface area contributed by atoms with Crippen LogP contribution in [0.15, 0.2) is 18.2 Å². The molecular weight excluding hydrogens is 236 g/mol. The van der Waals surface area contributed by atoms with Crippen molar-refractivity contribution in [2.24, 2.45) is 0 Å². The SMILES string of the molecule is CCCCCC(NC)c1ccc2c(c1)C(=O)NCC2. The minimum Gasteiger partial charge on any atom is -0.352 e. The molecule has 0 bridgehead atoms. The lowest BCUT2D eigenvalue weighted by Crippen LogP contribution is -2.32. The van der Waals surface area contributed by atoms with Gasteiger partial charge in [-0.3, -0.25) is 4.79 Å². The Morgan fingerprint density at radius 2 is 2.21 bits per heavy atom. The van der Waals surface area contributed by atoms with Crippen LogP contribution in [0.2, 0.25) is 0 Å². The number of carbonyl (C=O) groups is 1. The molecule has 0 aliphatic carbocycles. The third kappa shape index (κ3) is 3.35. The van der Waals surface area contributed by atoms with Crippen LogP contribution in [0.3, 0.4) is 0 Å². The van der Waals surface area contributed by atoms with Crippen molar-refractivity contribution in [3.63, 3.8) is 0 Å². The van der Waals surface area contributed by atoms with E-state index in [1.165, 1.54) is 30.4 Å². The third-order valence-electron chi connectivity index (χ3n) is 3.91. The van der Waals surface area contributed by atoms with Crippen LogP contribution in [-0.4, -0.2) is 19.5 Å². The Hall–Kier alpha value is -1.35. The number of nitrogens with one attached hydrogen (secondary N) is 2. The minimum absolute atomic E-state index is 0.0755. The van der Waals surface area contributed by atoms with Crippen molar-refractivity contribution < 1.29 is 4.79 Å². The molecule has 1 aliphatic rings. The summed E-state index contributed by atoms with van der Waals surface area (Å²) in [6, 6.07) is 6.71. The lowest BCUT2D eigenvalue weighted by molar-refractivity contribution is 0.0946. The fraction of sp³-hybridized carbons (Fsp3) is 0.562. The number of amides is 1. The molecule has 3 nitrogen and oxygen atoms in total. The summed E-state index contributed by atoms with van der Waals surface area (Å²) in [5, 5.41) is 6.28. The van der Waals surface area contributed by atoms with Crippen molar-refractivity contribution in [2.75, 3.05) is 13.6 Å². The monoisotopic (exact) mass is 260 g/mol. The van der Waals surface area contributed by atoms with Gasteiger partial charge in [-0.05, 0) is 37.1 Å². The zero-order valence-corrected chi connectivity index (χ0v) is 12.0. The Kier molecular flexibility index (Phi) is 4.97. The standard InChI is InChI=1S/C16H24N2O/c1-3-4-5-6-15(17-2)13-8-7-12-9-10-18-16(19)14(12)11-13/h7-8,11,15,17H,3-6,9-10H2,1-2H3,(H,18,19). The van der Waals surface area contributed by atoms with Gasteiger partial charge in [0.25, 0.3) is 5.91 Å². The molecule has 3 heteroatoms. The van der Waals surface area contributed by atoms with Crippen molar-refractivity contribution in [1.29, 1.82) is 0 Å². The van der Waals surface area contributed by atoms with E-state index in [0.717, 1.165) is 24.9 Å². The van der Waals surface area contributed by atoms with E-state index in [0.29, 0.717) is 6.04 Å². The smallest absolute Gasteiger partial charge is 0.251 e. The van der Waals surface area contributed by atoms with Gasteiger partial charge in [0.05, 0.1) is 0 Å². The van der Waals surface area contributed by atoms with Crippen LogP contribution in [0.25, 0.3) is 0 Å². The summed E-state index contributed by atoms with van der Waals surface area (Å²) < 4.78 is 0. The number of unbranched alkanes of at least 4 members (excludes halogenated alkanes) is 2. The second-order valence-electron chi connectivity index (χ2n) is 5.26. The lowest BCUT2D eigenvalue weighted by Gasteiger charge is -2.21. The van der Waals surface area contributed by atoms with Crippen LogP contribution >= 0.6 is 0 Å². The first kappa shape index (κ1) is 14.1. The van der Waals surface area contributed by atoms with Crippen molar-refractivity contribution >= 4 is 5.91 Å². The molecule has 1 unspecified atom stereocenters. The van der Waals surface area contributed by atoms with Crippen LogP contribution in [0.4, 0.5) is 0 Å². The fourth-order valence-electron chi connectivity index (χ4n) is 2.72. The second kappa shape index (κ2) is 6.71. The molecule has 0 aromatic heterocycles. The lowest BCUT2D eigenvalue weighted by atomic mass is 9.93. The molecule has 2 rings (SSSR count). The van der Waals surface area contributed by atoms with Gasteiger partial charge < -0.3 is 10.6 Å². The minimum atomic E-state index is 0.0755. The predicted molar refractivity (Wildman–Crippen MR) is 78.4 cm³/mol. The number of fused-ring (bicyclic) bond motifs is 1. The fourth-order valence-corrected chi connectivity index (χ4v) is 2.72. The molecule has 1 aromatic carbocycles. The highest BCUT2D eigenvalue weighted by Crippen LogP contribution is 2.24. The number of hydrogen-bond donors (Lipinski definition) is 2. The molecule has 1 atom stereocenters. The second-order valence-corrected chi connectivity index (χ2v) is 5.26. The summed E-state index contributed by atoms with van der Waals surface area (Å²) in [4.78, 5) is 11.9. The van der Waals surface area contributed by atoms with Crippen molar-refractivity contribution in [1.82, 2.24) is 10.6 Å². The van der Waals surface area contributed by atoms with Crippen molar-refractivity contribution in [3.05, 3.63) is 34.9 Å². The molecule has 1 amide bonds. The molecule has 2 N–H and O–H groups in total. The van der Waals surface area contributed by atoms with Gasteiger partial charge >= 0.3 is 0 Å². The van der Waals surface area contributed by atoms with Crippen LogP contribution in [-0.2, 0) is 6.42 Å². The van der Waals surface area contributed by atoms with Crippen molar-refractivity contribution in [2.45, 2.75) is 45.1 Å². The van der Waals surface area contributed by atoms with Gasteiger partial charge in [-0.1, -0.05) is 38.3 Å². The Bertz CT molecular complexity index is 442. The first-order valence-corrected chi connectivity index (χ1v) is 7.34. The molecule has 0 radical (unpaired) electrons. The summed E-state index contributed by atoms with van der Waals surface area (Å²) >= 11 is 0. The molecule has 1 aromatic rings. The van der Waals surface area contributed by atoms with Gasteiger partial charge in [0, 0.05) is 18.2 Å². The highest BCUT2D eigenvalue weighted by atomic mass is 16.1. The highest BCUT2D eigenvalue weighted by Gasteiger charge is 2.18. The van der Waals surface area contributed by atoms with Crippen LogP contribution in [0, 0.1) is 0 Å². The molecule has 0 spiro atoms. The largest absolute Gasteiger partial charge is 0.352 e. The van der Waals surface area contributed by atoms with E-state index in [1.54, 1.807) is 0 Å². The van der Waals surface area contributed by atoms with Gasteiger partial charge in [0.2, 0.25) is 0 Å². The summed E-state index contributed by atoms with van der Waals surface area (Å²) in [5.41, 5.74) is 3.27. The first-order valence-electron chi connectivity index (χ1n) is 7.34. The van der Waals surface area contributed by atoms with E-state index in [1.807, 2.05) is 7.05 Å². The van der Waals surface area contributed by atoms with E-state index in [-0.39, 0.29) is 5.91 Å². The maximum absolute atomic E-state index is 11.9. The van der Waals surface area contributed by atoms with Crippen LogP contribution in [0.5, 0.6) is 0 Å².